The second-order valence-corrected chi connectivity index (χ2v) is 11.4. The highest BCUT2D eigenvalue weighted by Crippen LogP contribution is 2.44. The Morgan fingerprint density at radius 3 is 2.59 bits per heavy atom. The normalized spacial score (nSPS) is 15.9. The van der Waals surface area contributed by atoms with E-state index >= 15 is 0 Å². The zero-order valence-electron chi connectivity index (χ0n) is 20.5. The molecule has 1 N–H and O–H groups in total. The van der Waals surface area contributed by atoms with Gasteiger partial charge in [-0.25, -0.2) is 9.50 Å². The van der Waals surface area contributed by atoms with E-state index in [2.05, 4.69) is 42.2 Å². The molecule has 1 amide bonds. The molecule has 1 aromatic carbocycles. The van der Waals surface area contributed by atoms with Crippen LogP contribution in [0.3, 0.4) is 0 Å². The first-order valence-electron chi connectivity index (χ1n) is 11.8. The van der Waals surface area contributed by atoms with Crippen molar-refractivity contribution in [1.29, 1.82) is 5.26 Å². The molecule has 3 heterocycles. The highest BCUT2D eigenvalue weighted by Gasteiger charge is 2.36. The number of thiophene rings is 1. The minimum absolute atomic E-state index is 0.0764. The molecule has 6 nitrogen and oxygen atoms in total. The second kappa shape index (κ2) is 8.99. The lowest BCUT2D eigenvalue weighted by Crippen LogP contribution is -2.26. The standard InChI is InChI=1S/C27H24F3N5OS/c1-26(2,3)16-9-10-17-18(13-31)25(37-21(17)11-16)34-24(36)19-14-32-35-22(27(28,29)30)12-20(33-23(19)35)15-7-5-4-6-8-15/h4-8,12,14,16H,9-11H2,1-3H3,(H,34,36)/t16-/m0/s1. The molecule has 4 aromatic rings. The van der Waals surface area contributed by atoms with E-state index in [4.69, 9.17) is 0 Å². The molecule has 190 valence electrons. The molecule has 0 fully saturated rings. The van der Waals surface area contributed by atoms with Crippen LogP contribution < -0.4 is 5.32 Å². The number of hydrogen-bond acceptors (Lipinski definition) is 5. The van der Waals surface area contributed by atoms with Crippen LogP contribution in [0.15, 0.2) is 42.6 Å². The summed E-state index contributed by atoms with van der Waals surface area (Å²) in [7, 11) is 0. The van der Waals surface area contributed by atoms with Crippen molar-refractivity contribution in [3.8, 4) is 17.3 Å². The number of halogens is 3. The lowest BCUT2D eigenvalue weighted by atomic mass is 9.72. The number of benzene rings is 1. The van der Waals surface area contributed by atoms with Gasteiger partial charge >= 0.3 is 6.18 Å². The molecule has 1 aliphatic carbocycles. The molecule has 1 aliphatic rings. The van der Waals surface area contributed by atoms with Crippen LogP contribution in [0.2, 0.25) is 0 Å². The quantitative estimate of drug-likeness (QED) is 0.322. The van der Waals surface area contributed by atoms with Gasteiger partial charge in [0.2, 0.25) is 0 Å². The van der Waals surface area contributed by atoms with Crippen molar-refractivity contribution in [2.24, 2.45) is 11.3 Å². The molecule has 0 aliphatic heterocycles. The number of carbonyl (C=O) groups excluding carboxylic acids is 1. The molecule has 1 atom stereocenters. The van der Waals surface area contributed by atoms with E-state index in [1.54, 1.807) is 30.3 Å². The summed E-state index contributed by atoms with van der Waals surface area (Å²) in [6.07, 6.45) is -1.11. The van der Waals surface area contributed by atoms with Crippen molar-refractivity contribution < 1.29 is 18.0 Å². The molecule has 10 heteroatoms. The van der Waals surface area contributed by atoms with Crippen molar-refractivity contribution >= 4 is 27.9 Å². The van der Waals surface area contributed by atoms with Gasteiger partial charge in [0.15, 0.2) is 11.3 Å². The number of anilines is 1. The van der Waals surface area contributed by atoms with Crippen LogP contribution in [0.25, 0.3) is 16.9 Å². The molecule has 37 heavy (non-hydrogen) atoms. The summed E-state index contributed by atoms with van der Waals surface area (Å²) in [4.78, 5) is 18.8. The van der Waals surface area contributed by atoms with Crippen molar-refractivity contribution in [3.63, 3.8) is 0 Å². The largest absolute Gasteiger partial charge is 0.433 e. The van der Waals surface area contributed by atoms with Gasteiger partial charge in [-0.05, 0) is 42.2 Å². The first-order valence-corrected chi connectivity index (χ1v) is 12.7. The number of amides is 1. The third-order valence-corrected chi connectivity index (χ3v) is 8.08. The molecule has 0 spiro atoms. The summed E-state index contributed by atoms with van der Waals surface area (Å²) in [5, 5.41) is 16.9. The Bertz CT molecular complexity index is 1540. The number of nitrogens with zero attached hydrogens (tertiary/aromatic N) is 4. The van der Waals surface area contributed by atoms with Crippen LogP contribution >= 0.6 is 11.3 Å². The lowest BCUT2D eigenvalue weighted by molar-refractivity contribution is -0.142. The monoisotopic (exact) mass is 523 g/mol. The van der Waals surface area contributed by atoms with E-state index in [1.165, 1.54) is 11.3 Å². The predicted octanol–water partition coefficient (Wildman–Crippen LogP) is 6.75. The molecule has 0 unspecified atom stereocenters. The Labute approximate surface area is 215 Å². The third kappa shape index (κ3) is 4.60. The number of alkyl halides is 3. The van der Waals surface area contributed by atoms with Gasteiger partial charge in [-0.15, -0.1) is 11.3 Å². The molecule has 0 saturated carbocycles. The van der Waals surface area contributed by atoms with Gasteiger partial charge in [-0.3, -0.25) is 4.79 Å². The van der Waals surface area contributed by atoms with Crippen LogP contribution in [0.4, 0.5) is 18.2 Å². The molecule has 5 rings (SSSR count). The molecule has 0 saturated heterocycles. The molecular weight excluding hydrogens is 499 g/mol. The maximum Gasteiger partial charge on any atom is 0.433 e. The summed E-state index contributed by atoms with van der Waals surface area (Å²) in [5.74, 6) is -0.210. The highest BCUT2D eigenvalue weighted by molar-refractivity contribution is 7.16. The maximum atomic E-state index is 13.9. The average Bonchev–Trinajstić information content (AvgIpc) is 3.43. The predicted molar refractivity (Wildman–Crippen MR) is 135 cm³/mol. The molecule has 0 radical (unpaired) electrons. The van der Waals surface area contributed by atoms with Gasteiger partial charge in [-0.2, -0.15) is 23.5 Å². The van der Waals surface area contributed by atoms with E-state index < -0.39 is 17.8 Å². The fourth-order valence-electron chi connectivity index (χ4n) is 4.78. The van der Waals surface area contributed by atoms with Gasteiger partial charge in [0.1, 0.15) is 16.6 Å². The van der Waals surface area contributed by atoms with Gasteiger partial charge in [0.05, 0.1) is 17.5 Å². The van der Waals surface area contributed by atoms with Gasteiger partial charge in [0, 0.05) is 10.4 Å². The summed E-state index contributed by atoms with van der Waals surface area (Å²) in [6, 6.07) is 11.6. The average molecular weight is 524 g/mol. The zero-order chi connectivity index (χ0) is 26.5. The fraction of sp³-hybridized carbons (Fsp3) is 0.333. The molecule has 3 aromatic heterocycles. The first kappa shape index (κ1) is 25.0. The number of rotatable bonds is 3. The van der Waals surface area contributed by atoms with Crippen molar-refractivity contribution in [1.82, 2.24) is 14.6 Å². The fourth-order valence-corrected chi connectivity index (χ4v) is 6.06. The minimum Gasteiger partial charge on any atom is -0.312 e. The van der Waals surface area contributed by atoms with E-state index in [0.29, 0.717) is 26.6 Å². The van der Waals surface area contributed by atoms with Crippen LogP contribution in [-0.2, 0) is 19.0 Å². The molecule has 0 bridgehead atoms. The summed E-state index contributed by atoms with van der Waals surface area (Å²) in [5.41, 5.74) is 0.699. The van der Waals surface area contributed by atoms with E-state index in [-0.39, 0.29) is 22.3 Å². The maximum absolute atomic E-state index is 13.9. The van der Waals surface area contributed by atoms with Crippen molar-refractivity contribution in [2.75, 3.05) is 5.32 Å². The zero-order valence-corrected chi connectivity index (χ0v) is 21.3. The van der Waals surface area contributed by atoms with Gasteiger partial charge < -0.3 is 5.32 Å². The number of nitriles is 1. The topological polar surface area (TPSA) is 83.1 Å². The van der Waals surface area contributed by atoms with Crippen LogP contribution in [-0.4, -0.2) is 20.5 Å². The Kier molecular flexibility index (Phi) is 6.07. The third-order valence-electron chi connectivity index (χ3n) is 6.91. The second-order valence-electron chi connectivity index (χ2n) is 10.3. The van der Waals surface area contributed by atoms with E-state index in [9.17, 15) is 23.2 Å². The van der Waals surface area contributed by atoms with E-state index in [0.717, 1.165) is 42.0 Å². The number of carbonyl (C=O) groups is 1. The first-order chi connectivity index (χ1) is 17.5. The number of nitrogens with one attached hydrogen (secondary N) is 1. The van der Waals surface area contributed by atoms with E-state index in [1.807, 2.05) is 0 Å². The minimum atomic E-state index is -4.71. The number of aromatic nitrogens is 3. The van der Waals surface area contributed by atoms with Crippen LogP contribution in [0.1, 0.15) is 59.2 Å². The Morgan fingerprint density at radius 2 is 1.95 bits per heavy atom. The van der Waals surface area contributed by atoms with Crippen LogP contribution in [0.5, 0.6) is 0 Å². The summed E-state index contributed by atoms with van der Waals surface area (Å²) >= 11 is 1.36. The highest BCUT2D eigenvalue weighted by atomic mass is 32.1. The summed E-state index contributed by atoms with van der Waals surface area (Å²) < 4.78 is 42.3. The number of fused-ring (bicyclic) bond motifs is 2. The SMILES string of the molecule is CC(C)(C)[C@H]1CCc2c(sc(NC(=O)c3cnn4c(C(F)(F)F)cc(-c5ccccc5)nc34)c2C#N)C1. The Hall–Kier alpha value is -3.71. The Morgan fingerprint density at radius 1 is 1.22 bits per heavy atom. The van der Waals surface area contributed by atoms with Crippen molar-refractivity contribution in [3.05, 3.63) is 69.9 Å². The lowest BCUT2D eigenvalue weighted by Gasteiger charge is -2.33. The molecular formula is C27H24F3N5OS. The number of hydrogen-bond donors (Lipinski definition) is 1. The smallest absolute Gasteiger partial charge is 0.312 e. The van der Waals surface area contributed by atoms with Gasteiger partial charge in [-0.1, -0.05) is 51.1 Å². The van der Waals surface area contributed by atoms with Crippen LogP contribution in [0, 0.1) is 22.7 Å². The van der Waals surface area contributed by atoms with Gasteiger partial charge in [0.25, 0.3) is 5.91 Å². The van der Waals surface area contributed by atoms with Crippen molar-refractivity contribution in [2.45, 2.75) is 46.2 Å². The Balaban J connectivity index is 1.54. The summed E-state index contributed by atoms with van der Waals surface area (Å²) in [6.45, 7) is 6.59.